The Bertz CT molecular complexity index is 1220. The van der Waals surface area contributed by atoms with Gasteiger partial charge in [-0.05, 0) is 62.6 Å². The number of nitrogens with two attached hydrogens (primary N) is 1. The van der Waals surface area contributed by atoms with E-state index in [1.807, 2.05) is 20.8 Å². The SMILES string of the molecule is CC(C)[C@H](NC(=O)CC(C)(C)C)C(=O)N[C@@H](CCCNC(N)=O)C(=O)Nc1ccc(COC(=O)N(C)CCOC(=O)C(C)(C)C)cc1. The van der Waals surface area contributed by atoms with Crippen LogP contribution >= 0.6 is 0 Å². The maximum Gasteiger partial charge on any atom is 0.409 e. The van der Waals surface area contributed by atoms with Crippen molar-refractivity contribution in [2.45, 2.75) is 93.3 Å². The largest absolute Gasteiger partial charge is 0.463 e. The molecule has 0 radical (unpaired) electrons. The number of amides is 6. The first-order valence-electron chi connectivity index (χ1n) is 15.8. The molecule has 14 nitrogen and oxygen atoms in total. The second-order valence-corrected chi connectivity index (χ2v) is 14.1. The molecule has 14 heteroatoms. The van der Waals surface area contributed by atoms with Gasteiger partial charge in [0.05, 0.1) is 12.0 Å². The highest BCUT2D eigenvalue weighted by molar-refractivity contribution is 5.98. The van der Waals surface area contributed by atoms with Crippen LogP contribution in [0.4, 0.5) is 15.3 Å². The van der Waals surface area contributed by atoms with Crippen LogP contribution in [0, 0.1) is 16.7 Å². The van der Waals surface area contributed by atoms with Gasteiger partial charge < -0.3 is 41.4 Å². The highest BCUT2D eigenvalue weighted by Gasteiger charge is 2.30. The van der Waals surface area contributed by atoms with Crippen molar-refractivity contribution in [2.24, 2.45) is 22.5 Å². The number of carbonyl (C=O) groups is 6. The Hall–Kier alpha value is -4.36. The average Bonchev–Trinajstić information content (AvgIpc) is 2.94. The molecule has 0 bridgehead atoms. The van der Waals surface area contributed by atoms with E-state index in [0.29, 0.717) is 17.7 Å². The molecule has 0 aliphatic rings. The lowest BCUT2D eigenvalue weighted by Crippen LogP contribution is -2.54. The third-order valence-electron chi connectivity index (χ3n) is 6.73. The molecule has 0 spiro atoms. The number of esters is 1. The molecule has 0 saturated carbocycles. The molecule has 0 aliphatic carbocycles. The molecule has 264 valence electrons. The molecule has 0 unspecified atom stereocenters. The Morgan fingerprint density at radius 1 is 0.894 bits per heavy atom. The zero-order valence-corrected chi connectivity index (χ0v) is 29.3. The van der Waals surface area contributed by atoms with E-state index in [4.69, 9.17) is 15.2 Å². The third-order valence-corrected chi connectivity index (χ3v) is 6.73. The van der Waals surface area contributed by atoms with Crippen LogP contribution in [0.3, 0.4) is 0 Å². The van der Waals surface area contributed by atoms with Crippen molar-refractivity contribution in [1.29, 1.82) is 0 Å². The van der Waals surface area contributed by atoms with Gasteiger partial charge in [-0.2, -0.15) is 0 Å². The number of hydrogen-bond donors (Lipinski definition) is 5. The van der Waals surface area contributed by atoms with Crippen LogP contribution in [0.15, 0.2) is 24.3 Å². The topological polar surface area (TPSA) is 198 Å². The number of likely N-dealkylation sites (N-methyl/N-ethyl adjacent to an activating group) is 1. The zero-order chi connectivity index (χ0) is 35.9. The van der Waals surface area contributed by atoms with E-state index in [2.05, 4.69) is 21.3 Å². The Morgan fingerprint density at radius 3 is 2.04 bits per heavy atom. The maximum absolute atomic E-state index is 13.3. The molecule has 6 amide bonds. The second kappa shape index (κ2) is 18.7. The summed E-state index contributed by atoms with van der Waals surface area (Å²) >= 11 is 0. The normalized spacial score (nSPS) is 12.7. The maximum atomic E-state index is 13.3. The fourth-order valence-corrected chi connectivity index (χ4v) is 4.04. The number of carbonyl (C=O) groups excluding carboxylic acids is 6. The number of benzene rings is 1. The molecule has 0 heterocycles. The Morgan fingerprint density at radius 2 is 1.51 bits per heavy atom. The van der Waals surface area contributed by atoms with Crippen molar-refractivity contribution < 1.29 is 38.2 Å². The number of primary amides is 1. The average molecular weight is 663 g/mol. The number of nitrogens with zero attached hydrogens (tertiary/aromatic N) is 1. The predicted octanol–water partition coefficient (Wildman–Crippen LogP) is 3.29. The summed E-state index contributed by atoms with van der Waals surface area (Å²) in [5.41, 5.74) is 5.34. The molecule has 0 aromatic heterocycles. The van der Waals surface area contributed by atoms with Gasteiger partial charge in [0.1, 0.15) is 25.3 Å². The third kappa shape index (κ3) is 16.7. The van der Waals surface area contributed by atoms with Crippen LogP contribution < -0.4 is 27.0 Å². The Balaban J connectivity index is 2.83. The first kappa shape index (κ1) is 40.7. The van der Waals surface area contributed by atoms with Crippen LogP contribution in [-0.2, 0) is 35.3 Å². The summed E-state index contributed by atoms with van der Waals surface area (Å²) in [5.74, 6) is -1.86. The van der Waals surface area contributed by atoms with Gasteiger partial charge in [0, 0.05) is 25.7 Å². The van der Waals surface area contributed by atoms with Crippen LogP contribution in [0.1, 0.15) is 80.2 Å². The standard InChI is InChI=1S/C33H54N6O8/c1-21(2)26(38-25(40)19-32(3,4)5)28(42)37-24(11-10-16-35-30(34)44)27(41)36-23-14-12-22(13-15-23)20-47-31(45)39(9)17-18-46-29(43)33(6,7)8/h12-15,21,24,26H,10-11,16-20H2,1-9H3,(H,36,41)(H,37,42)(H,38,40)(H3,34,35,44)/t24-,26-/m0/s1. The number of anilines is 1. The first-order chi connectivity index (χ1) is 21.7. The minimum atomic E-state index is -0.975. The fourth-order valence-electron chi connectivity index (χ4n) is 4.04. The summed E-state index contributed by atoms with van der Waals surface area (Å²) in [6.45, 7) is 15.0. The van der Waals surface area contributed by atoms with Gasteiger partial charge >= 0.3 is 18.1 Å². The smallest absolute Gasteiger partial charge is 0.409 e. The van der Waals surface area contributed by atoms with E-state index in [-0.39, 0.29) is 62.4 Å². The second-order valence-electron chi connectivity index (χ2n) is 14.1. The molecule has 0 saturated heterocycles. The van der Waals surface area contributed by atoms with Crippen LogP contribution in [0.5, 0.6) is 0 Å². The highest BCUT2D eigenvalue weighted by atomic mass is 16.6. The summed E-state index contributed by atoms with van der Waals surface area (Å²) in [6, 6.07) is 4.09. The van der Waals surface area contributed by atoms with Gasteiger partial charge in [0.15, 0.2) is 0 Å². The van der Waals surface area contributed by atoms with E-state index < -0.39 is 41.4 Å². The minimum Gasteiger partial charge on any atom is -0.463 e. The quantitative estimate of drug-likeness (QED) is 0.131. The van der Waals surface area contributed by atoms with Crippen LogP contribution in [0.25, 0.3) is 0 Å². The van der Waals surface area contributed by atoms with Crippen molar-refractivity contribution in [2.75, 3.05) is 32.1 Å². The van der Waals surface area contributed by atoms with E-state index in [1.165, 1.54) is 11.9 Å². The van der Waals surface area contributed by atoms with Crippen molar-refractivity contribution in [3.63, 3.8) is 0 Å². The van der Waals surface area contributed by atoms with Crippen molar-refractivity contribution >= 4 is 41.5 Å². The summed E-state index contributed by atoms with van der Waals surface area (Å²) in [5, 5.41) is 10.8. The molecule has 0 aliphatic heterocycles. The van der Waals surface area contributed by atoms with Crippen molar-refractivity contribution in [1.82, 2.24) is 20.9 Å². The van der Waals surface area contributed by atoms with Gasteiger partial charge in [-0.25, -0.2) is 9.59 Å². The van der Waals surface area contributed by atoms with Crippen LogP contribution in [-0.4, -0.2) is 79.5 Å². The summed E-state index contributed by atoms with van der Waals surface area (Å²) < 4.78 is 10.5. The van der Waals surface area contributed by atoms with E-state index in [1.54, 1.807) is 58.9 Å². The Labute approximate surface area is 278 Å². The summed E-state index contributed by atoms with van der Waals surface area (Å²) in [4.78, 5) is 75.8. The fraction of sp³-hybridized carbons (Fsp3) is 0.636. The monoisotopic (exact) mass is 662 g/mol. The number of rotatable bonds is 16. The number of nitrogens with one attached hydrogen (secondary N) is 4. The Kier molecular flexibility index (Phi) is 16.2. The molecule has 1 aromatic carbocycles. The zero-order valence-electron chi connectivity index (χ0n) is 29.3. The van der Waals surface area contributed by atoms with Gasteiger partial charge in [-0.3, -0.25) is 19.2 Å². The van der Waals surface area contributed by atoms with E-state index >= 15 is 0 Å². The lowest BCUT2D eigenvalue weighted by Gasteiger charge is -2.27. The molecule has 1 aromatic rings. The van der Waals surface area contributed by atoms with E-state index in [0.717, 1.165) is 0 Å². The number of urea groups is 1. The molecule has 0 fully saturated rings. The lowest BCUT2D eigenvalue weighted by molar-refractivity contribution is -0.153. The highest BCUT2D eigenvalue weighted by Crippen LogP contribution is 2.19. The van der Waals surface area contributed by atoms with Gasteiger partial charge in [0.2, 0.25) is 17.7 Å². The van der Waals surface area contributed by atoms with Crippen molar-refractivity contribution in [3.8, 4) is 0 Å². The number of hydrogen-bond acceptors (Lipinski definition) is 8. The van der Waals surface area contributed by atoms with Crippen molar-refractivity contribution in [3.05, 3.63) is 29.8 Å². The molecule has 2 atom stereocenters. The van der Waals surface area contributed by atoms with Gasteiger partial charge in [-0.15, -0.1) is 0 Å². The molecule has 1 rings (SSSR count). The van der Waals surface area contributed by atoms with Gasteiger partial charge in [-0.1, -0.05) is 46.8 Å². The summed E-state index contributed by atoms with van der Waals surface area (Å²) in [7, 11) is 1.54. The molecule has 47 heavy (non-hydrogen) atoms. The predicted molar refractivity (Wildman–Crippen MR) is 178 cm³/mol. The first-order valence-corrected chi connectivity index (χ1v) is 15.8. The molecular formula is C33H54N6O8. The van der Waals surface area contributed by atoms with Gasteiger partial charge in [0.25, 0.3) is 0 Å². The number of ether oxygens (including phenoxy) is 2. The molecular weight excluding hydrogens is 608 g/mol. The molecule has 6 N–H and O–H groups in total. The lowest BCUT2D eigenvalue weighted by atomic mass is 9.91. The van der Waals surface area contributed by atoms with Crippen LogP contribution in [0.2, 0.25) is 0 Å². The van der Waals surface area contributed by atoms with E-state index in [9.17, 15) is 28.8 Å². The minimum absolute atomic E-state index is 0.0255. The summed E-state index contributed by atoms with van der Waals surface area (Å²) in [6.07, 6.45) is 0.178.